The third-order valence-corrected chi connectivity index (χ3v) is 4.82. The molecule has 1 aliphatic rings. The average molecular weight is 329 g/mol. The Balaban J connectivity index is 2.33. The van der Waals surface area contributed by atoms with E-state index in [2.05, 4.69) is 6.58 Å². The molecule has 1 N–H and O–H groups in total. The summed E-state index contributed by atoms with van der Waals surface area (Å²) in [6, 6.07) is 9.82. The molecule has 1 aromatic rings. The van der Waals surface area contributed by atoms with E-state index in [4.69, 9.17) is 0 Å². The monoisotopic (exact) mass is 329 g/mol. The van der Waals surface area contributed by atoms with Gasteiger partial charge in [0, 0.05) is 13.1 Å². The summed E-state index contributed by atoms with van der Waals surface area (Å²) in [5.41, 5.74) is 0.743. The van der Waals surface area contributed by atoms with E-state index in [0.717, 1.165) is 5.56 Å². The lowest BCUT2D eigenvalue weighted by Crippen LogP contribution is -2.44. The number of carboxylic acids is 1. The highest BCUT2D eigenvalue weighted by Crippen LogP contribution is 2.47. The van der Waals surface area contributed by atoms with Gasteiger partial charge in [0.25, 0.3) is 0 Å². The summed E-state index contributed by atoms with van der Waals surface area (Å²) in [5, 5.41) is 9.74. The Morgan fingerprint density at radius 1 is 1.33 bits per heavy atom. The fraction of sp³-hybridized carbons (Fsp3) is 0.500. The van der Waals surface area contributed by atoms with E-state index in [-0.39, 0.29) is 11.8 Å². The maximum Gasteiger partial charge on any atom is 0.311 e. The third-order valence-electron chi connectivity index (χ3n) is 4.82. The Morgan fingerprint density at radius 2 is 1.96 bits per heavy atom. The zero-order valence-corrected chi connectivity index (χ0v) is 14.8. The average Bonchev–Trinajstić information content (AvgIpc) is 2.77. The Bertz CT molecular complexity index is 609. The summed E-state index contributed by atoms with van der Waals surface area (Å²) in [7, 11) is 0. The molecule has 0 spiro atoms. The first-order valence-corrected chi connectivity index (χ1v) is 8.49. The second kappa shape index (κ2) is 7.20. The van der Waals surface area contributed by atoms with Crippen molar-refractivity contribution in [2.45, 2.75) is 40.2 Å². The second-order valence-electron chi connectivity index (χ2n) is 7.33. The van der Waals surface area contributed by atoms with Crippen LogP contribution in [0.15, 0.2) is 42.5 Å². The number of likely N-dealkylation sites (tertiary alicyclic amines) is 1. The minimum atomic E-state index is -0.946. The van der Waals surface area contributed by atoms with Crippen LogP contribution in [0.25, 0.3) is 0 Å². The van der Waals surface area contributed by atoms with Crippen LogP contribution in [0.3, 0.4) is 0 Å². The first-order valence-electron chi connectivity index (χ1n) is 8.49. The third kappa shape index (κ3) is 3.53. The van der Waals surface area contributed by atoms with Crippen LogP contribution in [0.1, 0.15) is 39.2 Å². The largest absolute Gasteiger partial charge is 0.481 e. The van der Waals surface area contributed by atoms with Crippen LogP contribution in [-0.2, 0) is 16.1 Å². The van der Waals surface area contributed by atoms with E-state index in [0.29, 0.717) is 31.5 Å². The summed E-state index contributed by atoms with van der Waals surface area (Å²) < 4.78 is 0. The van der Waals surface area contributed by atoms with Crippen molar-refractivity contribution in [2.75, 3.05) is 6.54 Å². The predicted octanol–water partition coefficient (Wildman–Crippen LogP) is 3.73. The molecule has 1 heterocycles. The zero-order chi connectivity index (χ0) is 17.9. The molecule has 0 aromatic heterocycles. The maximum absolute atomic E-state index is 13.2. The van der Waals surface area contributed by atoms with Crippen molar-refractivity contribution in [3.63, 3.8) is 0 Å². The van der Waals surface area contributed by atoms with Crippen molar-refractivity contribution in [3.8, 4) is 0 Å². The number of carboxylic acid groups (broad SMARTS) is 1. The molecule has 4 heteroatoms. The molecule has 1 fully saturated rings. The van der Waals surface area contributed by atoms with Crippen molar-refractivity contribution in [1.29, 1.82) is 0 Å². The first-order chi connectivity index (χ1) is 11.3. The Labute approximate surface area is 144 Å². The number of benzene rings is 1. The topological polar surface area (TPSA) is 57.6 Å². The molecule has 1 amide bonds. The van der Waals surface area contributed by atoms with Gasteiger partial charge >= 0.3 is 5.97 Å². The predicted molar refractivity (Wildman–Crippen MR) is 94.3 cm³/mol. The molecule has 2 rings (SSSR count). The van der Waals surface area contributed by atoms with E-state index >= 15 is 0 Å². The van der Waals surface area contributed by atoms with Gasteiger partial charge in [-0.15, -0.1) is 0 Å². The standard InChI is InChI=1S/C20H27NO3/c1-14(2)12-20(17(15(3)4)18(22)23)10-11-21(19(20)24)13-16-8-6-5-7-9-16/h5-9,14,17H,3,10-13H2,1-2,4H3,(H,22,23). The molecule has 1 saturated heterocycles. The Morgan fingerprint density at radius 3 is 2.46 bits per heavy atom. The summed E-state index contributed by atoms with van der Waals surface area (Å²) >= 11 is 0. The summed E-state index contributed by atoms with van der Waals surface area (Å²) in [6.45, 7) is 10.8. The van der Waals surface area contributed by atoms with Gasteiger partial charge in [0.2, 0.25) is 5.91 Å². The molecule has 1 aromatic carbocycles. The van der Waals surface area contributed by atoms with Gasteiger partial charge in [-0.25, -0.2) is 0 Å². The van der Waals surface area contributed by atoms with Crippen molar-refractivity contribution < 1.29 is 14.7 Å². The lowest BCUT2D eigenvalue weighted by Gasteiger charge is -2.35. The fourth-order valence-electron chi connectivity index (χ4n) is 4.03. The molecule has 2 atom stereocenters. The van der Waals surface area contributed by atoms with Gasteiger partial charge in [-0.1, -0.05) is 56.3 Å². The van der Waals surface area contributed by atoms with Crippen LogP contribution in [0.4, 0.5) is 0 Å². The molecule has 0 bridgehead atoms. The molecule has 0 aliphatic carbocycles. The lowest BCUT2D eigenvalue weighted by molar-refractivity contribution is -0.153. The minimum Gasteiger partial charge on any atom is -0.481 e. The van der Waals surface area contributed by atoms with E-state index in [9.17, 15) is 14.7 Å². The van der Waals surface area contributed by atoms with Crippen molar-refractivity contribution >= 4 is 11.9 Å². The molecular formula is C20H27NO3. The van der Waals surface area contributed by atoms with Gasteiger partial charge in [0.1, 0.15) is 0 Å². The summed E-state index contributed by atoms with van der Waals surface area (Å²) in [5.74, 6) is -1.58. The van der Waals surface area contributed by atoms with Crippen LogP contribution in [-0.4, -0.2) is 28.4 Å². The lowest BCUT2D eigenvalue weighted by atomic mass is 9.66. The van der Waals surface area contributed by atoms with Crippen molar-refractivity contribution in [1.82, 2.24) is 4.90 Å². The number of nitrogens with zero attached hydrogens (tertiary/aromatic N) is 1. The SMILES string of the molecule is C=C(C)C(C(=O)O)C1(CC(C)C)CCN(Cc2ccccc2)C1=O. The quantitative estimate of drug-likeness (QED) is 0.776. The second-order valence-corrected chi connectivity index (χ2v) is 7.33. The summed E-state index contributed by atoms with van der Waals surface area (Å²) in [6.07, 6.45) is 1.14. The van der Waals surface area contributed by atoms with Gasteiger partial charge in [0.05, 0.1) is 11.3 Å². The van der Waals surface area contributed by atoms with Gasteiger partial charge < -0.3 is 10.0 Å². The first kappa shape index (κ1) is 18.2. The van der Waals surface area contributed by atoms with Crippen LogP contribution in [0.2, 0.25) is 0 Å². The maximum atomic E-state index is 13.2. The normalized spacial score (nSPS) is 22.0. The van der Waals surface area contributed by atoms with Crippen LogP contribution in [0, 0.1) is 17.3 Å². The van der Waals surface area contributed by atoms with Gasteiger partial charge in [-0.05, 0) is 31.2 Å². The van der Waals surface area contributed by atoms with Gasteiger partial charge in [-0.3, -0.25) is 9.59 Å². The number of hydrogen-bond donors (Lipinski definition) is 1. The minimum absolute atomic E-state index is 0.0459. The molecule has 2 unspecified atom stereocenters. The van der Waals surface area contributed by atoms with Crippen molar-refractivity contribution in [2.24, 2.45) is 17.3 Å². The summed E-state index contributed by atoms with van der Waals surface area (Å²) in [4.78, 5) is 26.9. The van der Waals surface area contributed by atoms with E-state index < -0.39 is 17.3 Å². The fourth-order valence-corrected chi connectivity index (χ4v) is 4.03. The molecular weight excluding hydrogens is 302 g/mol. The highest BCUT2D eigenvalue weighted by atomic mass is 16.4. The van der Waals surface area contributed by atoms with Crippen molar-refractivity contribution in [3.05, 3.63) is 48.0 Å². The van der Waals surface area contributed by atoms with Crippen LogP contribution in [0.5, 0.6) is 0 Å². The van der Waals surface area contributed by atoms with Crippen LogP contribution >= 0.6 is 0 Å². The van der Waals surface area contributed by atoms with E-state index in [1.807, 2.05) is 44.2 Å². The number of amides is 1. The zero-order valence-electron chi connectivity index (χ0n) is 14.8. The van der Waals surface area contributed by atoms with E-state index in [1.54, 1.807) is 11.8 Å². The molecule has 24 heavy (non-hydrogen) atoms. The van der Waals surface area contributed by atoms with Gasteiger partial charge in [0.15, 0.2) is 0 Å². The Hall–Kier alpha value is -2.10. The van der Waals surface area contributed by atoms with Gasteiger partial charge in [-0.2, -0.15) is 0 Å². The van der Waals surface area contributed by atoms with Crippen LogP contribution < -0.4 is 0 Å². The highest BCUT2D eigenvalue weighted by Gasteiger charge is 2.54. The number of aliphatic carboxylic acids is 1. The number of hydrogen-bond acceptors (Lipinski definition) is 2. The molecule has 1 aliphatic heterocycles. The highest BCUT2D eigenvalue weighted by molar-refractivity contribution is 5.91. The Kier molecular flexibility index (Phi) is 5.47. The molecule has 0 saturated carbocycles. The smallest absolute Gasteiger partial charge is 0.311 e. The number of carbonyl (C=O) groups is 2. The molecule has 130 valence electrons. The molecule has 4 nitrogen and oxygen atoms in total. The molecule has 0 radical (unpaired) electrons. The van der Waals surface area contributed by atoms with E-state index in [1.165, 1.54) is 0 Å². The number of carbonyl (C=O) groups excluding carboxylic acids is 1. The number of rotatable bonds is 7.